The van der Waals surface area contributed by atoms with Crippen molar-refractivity contribution in [2.45, 2.75) is 20.8 Å². The minimum atomic E-state index is 0.532. The van der Waals surface area contributed by atoms with E-state index < -0.39 is 0 Å². The molecule has 3 rings (SSSR count). The quantitative estimate of drug-likeness (QED) is 0.532. The Morgan fingerprint density at radius 2 is 1.62 bits per heavy atom. The Bertz CT molecular complexity index is 874. The van der Waals surface area contributed by atoms with Gasteiger partial charge >= 0.3 is 0 Å². The molecule has 0 atom stereocenters. The van der Waals surface area contributed by atoms with Crippen molar-refractivity contribution in [3.63, 3.8) is 0 Å². The first-order valence-electron chi connectivity index (χ1n) is 6.89. The second-order valence-corrected chi connectivity index (χ2v) is 5.42. The largest absolute Gasteiger partial charge is 0.456 e. The van der Waals surface area contributed by atoms with E-state index in [9.17, 15) is 5.21 Å². The molecule has 1 N–H and O–H groups in total. The van der Waals surface area contributed by atoms with Gasteiger partial charge in [0.25, 0.3) is 0 Å². The molecule has 106 valence electrons. The third kappa shape index (κ3) is 2.42. The first kappa shape index (κ1) is 13.4. The highest BCUT2D eigenvalue weighted by Crippen LogP contribution is 2.25. The van der Waals surface area contributed by atoms with Gasteiger partial charge in [0, 0.05) is 17.0 Å². The van der Waals surface area contributed by atoms with E-state index in [-0.39, 0.29) is 0 Å². The molecule has 0 radical (unpaired) electrons. The van der Waals surface area contributed by atoms with Gasteiger partial charge in [-0.15, -0.1) is 0 Å². The molecular formula is C18H17NO2. The highest BCUT2D eigenvalue weighted by Gasteiger charge is 2.09. The molecule has 0 unspecified atom stereocenters. The molecule has 0 spiro atoms. The molecule has 0 fully saturated rings. The van der Waals surface area contributed by atoms with Crippen molar-refractivity contribution in [2.75, 3.05) is 0 Å². The summed E-state index contributed by atoms with van der Waals surface area (Å²) in [6.07, 6.45) is 0. The van der Waals surface area contributed by atoms with Gasteiger partial charge in [0.2, 0.25) is 0 Å². The Morgan fingerprint density at radius 3 is 2.29 bits per heavy atom. The van der Waals surface area contributed by atoms with Crippen LogP contribution < -0.4 is 5.36 Å². The van der Waals surface area contributed by atoms with Crippen LogP contribution in [0.4, 0.5) is 0 Å². The summed E-state index contributed by atoms with van der Waals surface area (Å²) in [5, 5.41) is 14.1. The van der Waals surface area contributed by atoms with E-state index in [1.807, 2.05) is 51.1 Å². The number of hydrogen-bond donors (Lipinski definition) is 1. The van der Waals surface area contributed by atoms with Gasteiger partial charge in [-0.1, -0.05) is 41.1 Å². The normalized spacial score (nSPS) is 12.0. The average molecular weight is 279 g/mol. The van der Waals surface area contributed by atoms with Gasteiger partial charge in [0.1, 0.15) is 16.7 Å². The monoisotopic (exact) mass is 279 g/mol. The third-order valence-corrected chi connectivity index (χ3v) is 3.63. The van der Waals surface area contributed by atoms with E-state index in [4.69, 9.17) is 4.42 Å². The Hall–Kier alpha value is -2.55. The molecule has 0 aliphatic heterocycles. The summed E-state index contributed by atoms with van der Waals surface area (Å²) in [5.41, 5.74) is 5.05. The summed E-state index contributed by atoms with van der Waals surface area (Å²) >= 11 is 0. The van der Waals surface area contributed by atoms with Crippen molar-refractivity contribution in [2.24, 2.45) is 5.16 Å². The van der Waals surface area contributed by atoms with E-state index in [0.29, 0.717) is 11.1 Å². The maximum atomic E-state index is 9.33. The maximum Gasteiger partial charge on any atom is 0.137 e. The third-order valence-electron chi connectivity index (χ3n) is 3.63. The summed E-state index contributed by atoms with van der Waals surface area (Å²) in [6, 6.07) is 13.9. The lowest BCUT2D eigenvalue weighted by Crippen LogP contribution is -2.05. The summed E-state index contributed by atoms with van der Waals surface area (Å²) in [6.45, 7) is 6.06. The number of rotatable bonds is 1. The van der Waals surface area contributed by atoms with Gasteiger partial charge in [-0.2, -0.15) is 0 Å². The number of aryl methyl sites for hydroxylation is 3. The predicted molar refractivity (Wildman–Crippen MR) is 83.2 cm³/mol. The molecule has 2 aromatic carbocycles. The molecule has 3 nitrogen and oxygen atoms in total. The molecule has 3 aromatic rings. The molecule has 0 aliphatic carbocycles. The van der Waals surface area contributed by atoms with Crippen LogP contribution in [0.25, 0.3) is 22.3 Å². The van der Waals surface area contributed by atoms with Crippen molar-refractivity contribution in [3.05, 3.63) is 64.5 Å². The maximum absolute atomic E-state index is 9.33. The molecule has 1 heterocycles. The van der Waals surface area contributed by atoms with Gasteiger partial charge in [-0.25, -0.2) is 0 Å². The molecular weight excluding hydrogens is 262 g/mol. The minimum absolute atomic E-state index is 0.532. The van der Waals surface area contributed by atoms with E-state index in [1.165, 1.54) is 5.56 Å². The zero-order valence-electron chi connectivity index (χ0n) is 12.3. The first-order chi connectivity index (χ1) is 10.1. The predicted octanol–water partition coefficient (Wildman–Crippen LogP) is 4.31. The Kier molecular flexibility index (Phi) is 3.26. The standard InChI is InChI=1S/C18H17NO2/c1-11-4-6-14(7-5-11)16-10-15(19-20)18-13(3)8-12(2)9-17(18)21-16/h4-10,20H,1-3H3. The van der Waals surface area contributed by atoms with Crippen LogP contribution in [0.2, 0.25) is 0 Å². The number of nitrogens with zero attached hydrogens (tertiary/aromatic N) is 1. The summed E-state index contributed by atoms with van der Waals surface area (Å²) in [7, 11) is 0. The van der Waals surface area contributed by atoms with Crippen molar-refractivity contribution in [3.8, 4) is 11.3 Å². The number of benzene rings is 2. The highest BCUT2D eigenvalue weighted by molar-refractivity contribution is 5.82. The van der Waals surface area contributed by atoms with Crippen LogP contribution in [-0.2, 0) is 0 Å². The topological polar surface area (TPSA) is 45.7 Å². The highest BCUT2D eigenvalue weighted by atomic mass is 16.4. The van der Waals surface area contributed by atoms with Crippen molar-refractivity contribution < 1.29 is 9.62 Å². The van der Waals surface area contributed by atoms with Crippen molar-refractivity contribution in [1.82, 2.24) is 0 Å². The number of fused-ring (bicyclic) bond motifs is 1. The number of hydrogen-bond acceptors (Lipinski definition) is 3. The van der Waals surface area contributed by atoms with Crippen molar-refractivity contribution in [1.29, 1.82) is 0 Å². The van der Waals surface area contributed by atoms with Gasteiger partial charge in [0.05, 0.1) is 0 Å². The van der Waals surface area contributed by atoms with Crippen molar-refractivity contribution >= 4 is 11.0 Å². The zero-order chi connectivity index (χ0) is 15.0. The lowest BCUT2D eigenvalue weighted by molar-refractivity contribution is 0.302. The lowest BCUT2D eigenvalue weighted by Gasteiger charge is -2.07. The molecule has 1 aromatic heterocycles. The Labute approximate surface area is 123 Å². The summed E-state index contributed by atoms with van der Waals surface area (Å²) in [5.74, 6) is 0.695. The first-order valence-corrected chi connectivity index (χ1v) is 6.89. The fourth-order valence-electron chi connectivity index (χ4n) is 2.62. The Morgan fingerprint density at radius 1 is 0.905 bits per heavy atom. The van der Waals surface area contributed by atoms with Gasteiger partial charge in [0.15, 0.2) is 0 Å². The van der Waals surface area contributed by atoms with Crippen LogP contribution in [0.5, 0.6) is 0 Å². The van der Waals surface area contributed by atoms with Crippen LogP contribution in [0.15, 0.2) is 52.0 Å². The lowest BCUT2D eigenvalue weighted by atomic mass is 10.0. The zero-order valence-corrected chi connectivity index (χ0v) is 12.3. The SMILES string of the molecule is Cc1ccc(-c2cc(=NO)c3c(C)cc(C)cc3o2)cc1. The van der Waals surface area contributed by atoms with Gasteiger partial charge in [-0.05, 0) is 38.0 Å². The van der Waals surface area contributed by atoms with Gasteiger partial charge < -0.3 is 9.62 Å². The van der Waals surface area contributed by atoms with Crippen LogP contribution in [0, 0.1) is 20.8 Å². The molecule has 0 bridgehead atoms. The molecule has 0 aliphatic rings. The van der Waals surface area contributed by atoms with Crippen LogP contribution in [0.1, 0.15) is 16.7 Å². The molecule has 21 heavy (non-hydrogen) atoms. The average Bonchev–Trinajstić information content (AvgIpc) is 2.46. The van der Waals surface area contributed by atoms with Crippen LogP contribution in [0.3, 0.4) is 0 Å². The fourth-order valence-corrected chi connectivity index (χ4v) is 2.62. The second kappa shape index (κ2) is 5.09. The summed E-state index contributed by atoms with van der Waals surface area (Å²) < 4.78 is 6.02. The van der Waals surface area contributed by atoms with E-state index in [1.54, 1.807) is 6.07 Å². The minimum Gasteiger partial charge on any atom is -0.456 e. The summed E-state index contributed by atoms with van der Waals surface area (Å²) in [4.78, 5) is 0. The molecule has 0 amide bonds. The van der Waals surface area contributed by atoms with E-state index in [0.717, 1.165) is 27.7 Å². The second-order valence-electron chi connectivity index (χ2n) is 5.42. The fraction of sp³-hybridized carbons (Fsp3) is 0.167. The molecule has 0 saturated carbocycles. The van der Waals surface area contributed by atoms with Crippen LogP contribution in [-0.4, -0.2) is 5.21 Å². The molecule has 3 heteroatoms. The Balaban J connectivity index is 2.34. The van der Waals surface area contributed by atoms with E-state index in [2.05, 4.69) is 11.2 Å². The smallest absolute Gasteiger partial charge is 0.137 e. The van der Waals surface area contributed by atoms with E-state index >= 15 is 0 Å². The van der Waals surface area contributed by atoms with Crippen LogP contribution >= 0.6 is 0 Å². The van der Waals surface area contributed by atoms with Gasteiger partial charge in [-0.3, -0.25) is 0 Å². The molecule has 0 saturated heterocycles.